The van der Waals surface area contributed by atoms with Crippen molar-refractivity contribution in [2.45, 2.75) is 6.42 Å². The van der Waals surface area contributed by atoms with Gasteiger partial charge in [0.1, 0.15) is 23.0 Å². The Morgan fingerprint density at radius 3 is 0.892 bits per heavy atom. The molecule has 0 aliphatic carbocycles. The van der Waals surface area contributed by atoms with Gasteiger partial charge < -0.3 is 18.9 Å². The number of rotatable bonds is 12. The smallest absolute Gasteiger partial charge is 0.126 e. The summed E-state index contributed by atoms with van der Waals surface area (Å²) in [5.74, 6) is 3.71. The first-order valence-corrected chi connectivity index (χ1v) is 15.3. The van der Waals surface area contributed by atoms with E-state index in [9.17, 15) is 0 Å². The second-order valence-corrected chi connectivity index (χ2v) is 12.9. The molecule has 192 valence electrons. The fourth-order valence-electron chi connectivity index (χ4n) is 4.54. The zero-order valence-electron chi connectivity index (χ0n) is 21.9. The lowest BCUT2D eigenvalue weighted by Gasteiger charge is -2.26. The van der Waals surface area contributed by atoms with Gasteiger partial charge in [-0.1, -0.05) is 72.8 Å². The summed E-state index contributed by atoms with van der Waals surface area (Å²) in [6, 6.07) is 33.5. The monoisotopic (exact) mass is 532 g/mol. The number of ether oxygens (including phenoxy) is 4. The quantitative estimate of drug-likeness (QED) is 0.220. The molecular formula is C31H34O4P2. The van der Waals surface area contributed by atoms with Gasteiger partial charge in [0.25, 0.3) is 0 Å². The van der Waals surface area contributed by atoms with Crippen LogP contribution < -0.4 is 40.2 Å². The van der Waals surface area contributed by atoms with Crippen molar-refractivity contribution in [3.63, 3.8) is 0 Å². The summed E-state index contributed by atoms with van der Waals surface area (Å²) in [5, 5.41) is 4.96. The van der Waals surface area contributed by atoms with Crippen LogP contribution in [0.15, 0.2) is 97.1 Å². The van der Waals surface area contributed by atoms with E-state index >= 15 is 0 Å². The molecule has 0 aliphatic rings. The molecular weight excluding hydrogens is 498 g/mol. The van der Waals surface area contributed by atoms with Crippen LogP contribution in [0.2, 0.25) is 0 Å². The van der Waals surface area contributed by atoms with E-state index < -0.39 is 15.8 Å². The molecule has 0 fully saturated rings. The summed E-state index contributed by atoms with van der Waals surface area (Å²) < 4.78 is 23.2. The summed E-state index contributed by atoms with van der Waals surface area (Å²) in [6.45, 7) is 0. The van der Waals surface area contributed by atoms with Gasteiger partial charge in [-0.3, -0.25) is 0 Å². The third-order valence-electron chi connectivity index (χ3n) is 6.27. The third kappa shape index (κ3) is 6.27. The van der Waals surface area contributed by atoms with Crippen LogP contribution in [0, 0.1) is 0 Å². The topological polar surface area (TPSA) is 36.9 Å². The Balaban J connectivity index is 1.70. The molecule has 0 amide bonds. The predicted molar refractivity (Wildman–Crippen MR) is 159 cm³/mol. The minimum absolute atomic E-state index is 0.697. The predicted octanol–water partition coefficient (Wildman–Crippen LogP) is 5.68. The maximum Gasteiger partial charge on any atom is 0.126 e. The standard InChI is InChI=1S/C31H34O4P2/c1-32-24-14-5-9-18-28(24)36(29-19-10-6-15-25(29)33-2)22-13-23-37(30-20-11-7-16-26(30)34-3)31-21-12-8-17-27(31)35-4/h5-12,14-21H,13,22-23H2,1-4H3. The van der Waals surface area contributed by atoms with E-state index in [1.54, 1.807) is 28.4 Å². The van der Waals surface area contributed by atoms with Crippen molar-refractivity contribution in [3.05, 3.63) is 97.1 Å². The normalized spacial score (nSPS) is 11.0. The molecule has 0 saturated heterocycles. The second kappa shape index (κ2) is 13.5. The summed E-state index contributed by atoms with van der Waals surface area (Å²) in [5.41, 5.74) is 0. The summed E-state index contributed by atoms with van der Waals surface area (Å²) in [6.07, 6.45) is 3.06. The van der Waals surface area contributed by atoms with Gasteiger partial charge in [0.15, 0.2) is 0 Å². The van der Waals surface area contributed by atoms with Crippen LogP contribution in [-0.2, 0) is 0 Å². The molecule has 0 heterocycles. The van der Waals surface area contributed by atoms with Crippen molar-refractivity contribution in [1.29, 1.82) is 0 Å². The Hall–Kier alpha value is -3.06. The molecule has 0 saturated carbocycles. The summed E-state index contributed by atoms with van der Waals surface area (Å²) in [7, 11) is 5.59. The lowest BCUT2D eigenvalue weighted by atomic mass is 10.3. The van der Waals surface area contributed by atoms with Gasteiger partial charge in [-0.25, -0.2) is 0 Å². The molecule has 0 spiro atoms. The van der Waals surface area contributed by atoms with Crippen LogP contribution in [-0.4, -0.2) is 40.8 Å². The Bertz CT molecular complexity index is 1100. The van der Waals surface area contributed by atoms with Gasteiger partial charge >= 0.3 is 0 Å². The Labute approximate surface area is 223 Å². The SMILES string of the molecule is COc1ccccc1P(CCCP(c1ccccc1OC)c1ccccc1OC)c1ccccc1OC. The molecule has 4 nitrogen and oxygen atoms in total. The maximum absolute atomic E-state index is 5.79. The molecule has 4 aromatic rings. The van der Waals surface area contributed by atoms with Crippen LogP contribution in [0.3, 0.4) is 0 Å². The molecule has 0 aromatic heterocycles. The molecule has 0 atom stereocenters. The molecule has 4 rings (SSSR count). The van der Waals surface area contributed by atoms with Gasteiger partial charge in [-0.05, 0) is 58.9 Å². The van der Waals surface area contributed by atoms with Crippen molar-refractivity contribution in [2.75, 3.05) is 40.8 Å². The lowest BCUT2D eigenvalue weighted by Crippen LogP contribution is -2.20. The van der Waals surface area contributed by atoms with Gasteiger partial charge in [-0.15, -0.1) is 0 Å². The van der Waals surface area contributed by atoms with Crippen LogP contribution in [0.5, 0.6) is 23.0 Å². The average Bonchev–Trinajstić information content (AvgIpc) is 2.97. The molecule has 4 aromatic carbocycles. The summed E-state index contributed by atoms with van der Waals surface area (Å²) in [4.78, 5) is 0. The van der Waals surface area contributed by atoms with Crippen molar-refractivity contribution in [3.8, 4) is 23.0 Å². The first-order valence-electron chi connectivity index (χ1n) is 12.3. The second-order valence-electron chi connectivity index (χ2n) is 8.34. The molecule has 0 aliphatic heterocycles. The highest BCUT2D eigenvalue weighted by Crippen LogP contribution is 2.45. The van der Waals surface area contributed by atoms with Crippen LogP contribution >= 0.6 is 15.8 Å². The van der Waals surface area contributed by atoms with Crippen molar-refractivity contribution in [1.82, 2.24) is 0 Å². The van der Waals surface area contributed by atoms with Gasteiger partial charge in [0.2, 0.25) is 0 Å². The minimum atomic E-state index is -0.697. The number of benzene rings is 4. The van der Waals surface area contributed by atoms with E-state index in [4.69, 9.17) is 18.9 Å². The largest absolute Gasteiger partial charge is 0.496 e. The molecule has 0 radical (unpaired) electrons. The zero-order chi connectivity index (χ0) is 26.0. The van der Waals surface area contributed by atoms with E-state index in [2.05, 4.69) is 72.8 Å². The van der Waals surface area contributed by atoms with Gasteiger partial charge in [0.05, 0.1) is 28.4 Å². The van der Waals surface area contributed by atoms with Crippen LogP contribution in [0.4, 0.5) is 0 Å². The van der Waals surface area contributed by atoms with Gasteiger partial charge in [0, 0.05) is 21.2 Å². The lowest BCUT2D eigenvalue weighted by molar-refractivity contribution is 0.417. The fourth-order valence-corrected chi connectivity index (χ4v) is 10.0. The van der Waals surface area contributed by atoms with Crippen molar-refractivity contribution >= 4 is 37.1 Å². The van der Waals surface area contributed by atoms with Crippen LogP contribution in [0.1, 0.15) is 6.42 Å². The number of hydrogen-bond donors (Lipinski definition) is 0. The van der Waals surface area contributed by atoms with E-state index in [1.165, 1.54) is 21.2 Å². The van der Waals surface area contributed by atoms with Gasteiger partial charge in [-0.2, -0.15) is 0 Å². The fraction of sp³-hybridized carbons (Fsp3) is 0.226. The highest BCUT2D eigenvalue weighted by molar-refractivity contribution is 7.74. The number of hydrogen-bond acceptors (Lipinski definition) is 4. The van der Waals surface area contributed by atoms with Crippen LogP contribution in [0.25, 0.3) is 0 Å². The zero-order valence-corrected chi connectivity index (χ0v) is 23.7. The number of para-hydroxylation sites is 4. The molecule has 0 unspecified atom stereocenters. The first-order chi connectivity index (χ1) is 18.2. The molecule has 6 heteroatoms. The first kappa shape index (κ1) is 27.0. The van der Waals surface area contributed by atoms with Crippen molar-refractivity contribution < 1.29 is 18.9 Å². The Morgan fingerprint density at radius 2 is 0.649 bits per heavy atom. The third-order valence-corrected chi connectivity index (χ3v) is 11.6. The summed E-state index contributed by atoms with van der Waals surface area (Å²) >= 11 is 0. The van der Waals surface area contributed by atoms with E-state index in [0.29, 0.717) is 0 Å². The molecule has 0 N–H and O–H groups in total. The average molecular weight is 533 g/mol. The van der Waals surface area contributed by atoms with E-state index in [-0.39, 0.29) is 0 Å². The minimum Gasteiger partial charge on any atom is -0.496 e. The number of methoxy groups -OCH3 is 4. The Kier molecular flexibility index (Phi) is 9.83. The Morgan fingerprint density at radius 1 is 0.405 bits per heavy atom. The van der Waals surface area contributed by atoms with Crippen molar-refractivity contribution in [2.24, 2.45) is 0 Å². The highest BCUT2D eigenvalue weighted by atomic mass is 31.1. The highest BCUT2D eigenvalue weighted by Gasteiger charge is 2.24. The van der Waals surface area contributed by atoms with E-state index in [0.717, 1.165) is 41.7 Å². The molecule has 37 heavy (non-hydrogen) atoms. The molecule has 0 bridgehead atoms. The maximum atomic E-state index is 5.79. The van der Waals surface area contributed by atoms with E-state index in [1.807, 2.05) is 24.3 Å².